The molecule has 2 bridgehead atoms. The molecule has 8 rings (SSSR count). The lowest BCUT2D eigenvalue weighted by Gasteiger charge is -2.53. The zero-order valence-corrected chi connectivity index (χ0v) is 25.6. The highest BCUT2D eigenvalue weighted by Crippen LogP contribution is 2.61. The molecule has 8 heteroatoms. The first-order valence-electron chi connectivity index (χ1n) is 15.3. The second-order valence-electron chi connectivity index (χ2n) is 12.0. The number of esters is 2. The van der Waals surface area contributed by atoms with E-state index in [4.69, 9.17) is 10.2 Å². The Morgan fingerprint density at radius 1 is 0.745 bits per heavy atom. The molecule has 5 aromatic rings. The van der Waals surface area contributed by atoms with E-state index < -0.39 is 30.1 Å². The van der Waals surface area contributed by atoms with Crippen LogP contribution in [0.5, 0.6) is 0 Å². The highest BCUT2D eigenvalue weighted by molar-refractivity contribution is 5.98. The predicted molar refractivity (Wildman–Crippen MR) is 170 cm³/mol. The Hall–Kier alpha value is -5.44. The van der Waals surface area contributed by atoms with Gasteiger partial charge in [0.25, 0.3) is 0 Å². The standard InChI is InChI=1S/C28H24N.C11H10O7/c1-27-20-28(21-12-4-2-5-13-21,22-14-6-3-7-15-22)26(23-16-8-9-17-24(23)27)25-18-10-11-19-29(25)27;12-7(9(14)15)8(13)11(17)18-10(16)6-4-2-1-3-5-6/h2-19,26H,20H2,1H3;1-5,7-8,12-13H,(H,14,15)/q+1;/p-1/t;7-,8-/m.1/s1. The molecule has 0 spiro atoms. The van der Waals surface area contributed by atoms with Crippen molar-refractivity contribution >= 4 is 17.9 Å². The number of aliphatic carboxylic acids is 1. The van der Waals surface area contributed by atoms with E-state index in [2.05, 4.69) is 126 Å². The molecule has 8 nitrogen and oxygen atoms in total. The molecular weight excluding hydrogens is 594 g/mol. The first-order valence-corrected chi connectivity index (χ1v) is 15.3. The number of aliphatic hydroxyl groups is 2. The first-order chi connectivity index (χ1) is 22.7. The van der Waals surface area contributed by atoms with Gasteiger partial charge in [-0.1, -0.05) is 109 Å². The van der Waals surface area contributed by atoms with Crippen LogP contribution in [0, 0.1) is 0 Å². The Bertz CT molecular complexity index is 1820. The molecule has 2 aliphatic heterocycles. The number of aromatic nitrogens is 1. The summed E-state index contributed by atoms with van der Waals surface area (Å²) in [5, 5.41) is 28.1. The maximum Gasteiger partial charge on any atom is 0.346 e. The molecule has 0 amide bonds. The first kappa shape index (κ1) is 31.5. The zero-order chi connectivity index (χ0) is 33.2. The van der Waals surface area contributed by atoms with E-state index in [9.17, 15) is 19.5 Å². The number of rotatable bonds is 6. The normalized spacial score (nSPS) is 19.5. The van der Waals surface area contributed by atoms with Crippen molar-refractivity contribution in [1.82, 2.24) is 0 Å². The van der Waals surface area contributed by atoms with Gasteiger partial charge >= 0.3 is 11.9 Å². The monoisotopic (exact) mass is 627 g/mol. The van der Waals surface area contributed by atoms with Gasteiger partial charge in [-0.2, -0.15) is 4.57 Å². The molecule has 4 aromatic carbocycles. The van der Waals surface area contributed by atoms with Crippen LogP contribution in [-0.4, -0.2) is 40.3 Å². The van der Waals surface area contributed by atoms with E-state index in [0.29, 0.717) is 0 Å². The van der Waals surface area contributed by atoms with Gasteiger partial charge in [0.05, 0.1) is 17.5 Å². The second-order valence-corrected chi connectivity index (χ2v) is 12.0. The zero-order valence-electron chi connectivity index (χ0n) is 25.6. The van der Waals surface area contributed by atoms with Crippen LogP contribution in [0.3, 0.4) is 0 Å². The van der Waals surface area contributed by atoms with Crippen LogP contribution < -0.4 is 9.67 Å². The van der Waals surface area contributed by atoms with Crippen molar-refractivity contribution in [2.45, 2.75) is 42.4 Å². The summed E-state index contributed by atoms with van der Waals surface area (Å²) in [6.45, 7) is 2.42. The van der Waals surface area contributed by atoms with Gasteiger partial charge in [0, 0.05) is 36.5 Å². The molecular formula is C39H33NO7. The van der Waals surface area contributed by atoms with Crippen molar-refractivity contribution in [2.24, 2.45) is 0 Å². The van der Waals surface area contributed by atoms with Crippen molar-refractivity contribution in [3.63, 3.8) is 0 Å². The number of carboxylic acid groups (broad SMARTS) is 1. The molecule has 0 saturated carbocycles. The summed E-state index contributed by atoms with van der Waals surface area (Å²) in [5.74, 6) is -4.40. The lowest BCUT2D eigenvalue weighted by atomic mass is 9.50. The minimum absolute atomic E-state index is 0.0426. The predicted octanol–water partition coefficient (Wildman–Crippen LogP) is 3.41. The third kappa shape index (κ3) is 5.52. The molecule has 0 saturated heterocycles. The minimum atomic E-state index is -2.46. The van der Waals surface area contributed by atoms with Crippen LogP contribution in [0.15, 0.2) is 140 Å². The highest BCUT2D eigenvalue weighted by Gasteiger charge is 2.64. The Morgan fingerprint density at radius 2 is 1.28 bits per heavy atom. The molecule has 2 unspecified atom stereocenters. The lowest BCUT2D eigenvalue weighted by Crippen LogP contribution is -2.69. The van der Waals surface area contributed by atoms with Crippen molar-refractivity contribution in [2.75, 3.05) is 0 Å². The number of ether oxygens (including phenoxy) is 1. The van der Waals surface area contributed by atoms with Crippen LogP contribution in [0.2, 0.25) is 0 Å². The summed E-state index contributed by atoms with van der Waals surface area (Å²) < 4.78 is 6.72. The molecule has 1 aromatic heterocycles. The van der Waals surface area contributed by atoms with Crippen molar-refractivity contribution in [1.29, 1.82) is 0 Å². The van der Waals surface area contributed by atoms with Crippen LogP contribution in [0.4, 0.5) is 0 Å². The van der Waals surface area contributed by atoms with Gasteiger partial charge in [0.1, 0.15) is 6.10 Å². The third-order valence-electron chi connectivity index (χ3n) is 9.25. The fourth-order valence-corrected chi connectivity index (χ4v) is 7.23. The van der Waals surface area contributed by atoms with Gasteiger partial charge in [-0.15, -0.1) is 0 Å². The SMILES string of the molecule is CC12CC(c3ccccc3)(c3ccccc3)C(c3ccccc31)c1cccc[n+]12.O=C(OC(=O)[C@H](O)[C@@H](O)C(=O)[O-])c1ccccc1. The number of benzene rings is 4. The third-order valence-corrected chi connectivity index (χ3v) is 9.25. The molecule has 3 aliphatic rings. The van der Waals surface area contributed by atoms with Gasteiger partial charge in [-0.25, -0.2) is 9.59 Å². The van der Waals surface area contributed by atoms with Crippen molar-refractivity contribution in [3.05, 3.63) is 173 Å². The number of carbonyl (C=O) groups is 3. The summed E-state index contributed by atoms with van der Waals surface area (Å²) in [4.78, 5) is 32.7. The van der Waals surface area contributed by atoms with Gasteiger partial charge in [-0.3, -0.25) is 0 Å². The van der Waals surface area contributed by atoms with Crippen LogP contribution >= 0.6 is 0 Å². The molecule has 4 atom stereocenters. The number of carbonyl (C=O) groups excluding carboxylic acids is 3. The minimum Gasteiger partial charge on any atom is -0.547 e. The van der Waals surface area contributed by atoms with E-state index >= 15 is 0 Å². The van der Waals surface area contributed by atoms with E-state index in [1.807, 2.05) is 0 Å². The molecule has 2 N–H and O–H groups in total. The van der Waals surface area contributed by atoms with E-state index in [-0.39, 0.29) is 22.4 Å². The molecule has 0 radical (unpaired) electrons. The fraction of sp³-hybridized carbons (Fsp3) is 0.179. The quantitative estimate of drug-likeness (QED) is 0.168. The van der Waals surface area contributed by atoms with E-state index in [1.54, 1.807) is 6.07 Å². The van der Waals surface area contributed by atoms with Crippen LogP contribution in [0.25, 0.3) is 0 Å². The van der Waals surface area contributed by atoms with Gasteiger partial charge in [0.2, 0.25) is 0 Å². The summed E-state index contributed by atoms with van der Waals surface area (Å²) in [6.07, 6.45) is -1.51. The number of hydrogen-bond acceptors (Lipinski definition) is 7. The summed E-state index contributed by atoms with van der Waals surface area (Å²) in [6, 6.07) is 45.5. The number of pyridine rings is 1. The van der Waals surface area contributed by atoms with Gasteiger partial charge in [-0.05, 0) is 28.8 Å². The van der Waals surface area contributed by atoms with Crippen molar-refractivity contribution < 1.29 is 39.0 Å². The second kappa shape index (κ2) is 12.7. The Kier molecular flexibility index (Phi) is 8.56. The largest absolute Gasteiger partial charge is 0.547 e. The Balaban J connectivity index is 0.000000186. The smallest absolute Gasteiger partial charge is 0.346 e. The summed E-state index contributed by atoms with van der Waals surface area (Å²) >= 11 is 0. The maximum atomic E-state index is 11.4. The number of aliphatic hydroxyl groups excluding tert-OH is 2. The maximum absolute atomic E-state index is 11.4. The van der Waals surface area contributed by atoms with Crippen LogP contribution in [-0.2, 0) is 25.3 Å². The summed E-state index contributed by atoms with van der Waals surface area (Å²) in [7, 11) is 0. The van der Waals surface area contributed by atoms with E-state index in [0.717, 1.165) is 6.42 Å². The van der Waals surface area contributed by atoms with Crippen LogP contribution in [0.1, 0.15) is 57.6 Å². The average Bonchev–Trinajstić information content (AvgIpc) is 3.12. The fourth-order valence-electron chi connectivity index (χ4n) is 7.23. The van der Waals surface area contributed by atoms with Crippen molar-refractivity contribution in [3.8, 4) is 0 Å². The Labute approximate surface area is 272 Å². The molecule has 0 fully saturated rings. The summed E-state index contributed by atoms with van der Waals surface area (Å²) in [5.41, 5.74) is 7.03. The number of carboxylic acids is 1. The molecule has 47 heavy (non-hydrogen) atoms. The lowest BCUT2D eigenvalue weighted by molar-refractivity contribution is -0.769. The average molecular weight is 628 g/mol. The van der Waals surface area contributed by atoms with Gasteiger partial charge in [0.15, 0.2) is 23.5 Å². The van der Waals surface area contributed by atoms with Gasteiger partial charge < -0.3 is 24.9 Å². The number of nitrogens with zero attached hydrogens (tertiary/aromatic N) is 1. The molecule has 3 heterocycles. The molecule has 236 valence electrons. The number of fused-ring (bicyclic) bond motifs is 1. The number of hydrogen-bond donors (Lipinski definition) is 2. The molecule has 1 aliphatic carbocycles. The topological polar surface area (TPSA) is 128 Å². The van der Waals surface area contributed by atoms with E-state index in [1.165, 1.54) is 52.2 Å². The Morgan fingerprint density at radius 3 is 1.87 bits per heavy atom. The highest BCUT2D eigenvalue weighted by atomic mass is 16.6.